The number of ether oxygens (including phenoxy) is 1. The fraction of sp³-hybridized carbons (Fsp3) is 0.571. The zero-order chi connectivity index (χ0) is 14.9. The quantitative estimate of drug-likeness (QED) is 0.862. The molecular weight excluding hydrogens is 276 g/mol. The lowest BCUT2D eigenvalue weighted by Crippen LogP contribution is -2.43. The fourth-order valence-corrected chi connectivity index (χ4v) is 4.42. The van der Waals surface area contributed by atoms with Crippen molar-refractivity contribution >= 4 is 15.7 Å². The number of nitrogens with two attached hydrogens (primary N) is 1. The van der Waals surface area contributed by atoms with E-state index < -0.39 is 10.0 Å². The van der Waals surface area contributed by atoms with Crippen LogP contribution in [0.2, 0.25) is 0 Å². The van der Waals surface area contributed by atoms with Gasteiger partial charge in [-0.3, -0.25) is 0 Å². The van der Waals surface area contributed by atoms with Crippen molar-refractivity contribution in [1.82, 2.24) is 4.31 Å². The molecule has 0 radical (unpaired) electrons. The van der Waals surface area contributed by atoms with E-state index in [-0.39, 0.29) is 6.10 Å². The van der Waals surface area contributed by atoms with Crippen molar-refractivity contribution in [1.29, 1.82) is 0 Å². The Bertz CT molecular complexity index is 599. The molecule has 1 aromatic carbocycles. The largest absolute Gasteiger partial charge is 0.399 e. The highest BCUT2D eigenvalue weighted by Crippen LogP contribution is 2.27. The van der Waals surface area contributed by atoms with Crippen LogP contribution in [0.5, 0.6) is 0 Å². The first-order valence-electron chi connectivity index (χ1n) is 6.76. The molecule has 20 heavy (non-hydrogen) atoms. The van der Waals surface area contributed by atoms with E-state index in [4.69, 9.17) is 10.5 Å². The summed E-state index contributed by atoms with van der Waals surface area (Å²) in [6.45, 7) is 4.64. The summed E-state index contributed by atoms with van der Waals surface area (Å²) in [5, 5.41) is 0. The normalized spacial score (nSPS) is 21.1. The molecule has 112 valence electrons. The average molecular weight is 298 g/mol. The average Bonchev–Trinajstić information content (AvgIpc) is 2.42. The number of hydrogen-bond acceptors (Lipinski definition) is 4. The highest BCUT2D eigenvalue weighted by atomic mass is 32.2. The van der Waals surface area contributed by atoms with Crippen molar-refractivity contribution in [2.45, 2.75) is 37.7 Å². The van der Waals surface area contributed by atoms with Gasteiger partial charge in [0.25, 0.3) is 0 Å². The van der Waals surface area contributed by atoms with Crippen LogP contribution in [0.25, 0.3) is 0 Å². The summed E-state index contributed by atoms with van der Waals surface area (Å²) in [7, 11) is -1.89. The Morgan fingerprint density at radius 1 is 1.35 bits per heavy atom. The van der Waals surface area contributed by atoms with Gasteiger partial charge in [-0.15, -0.1) is 0 Å². The number of nitrogens with zero attached hydrogens (tertiary/aromatic N) is 1. The molecule has 6 heteroatoms. The Balaban J connectivity index is 2.40. The number of nitrogen functional groups attached to an aromatic ring is 1. The van der Waals surface area contributed by atoms with E-state index in [2.05, 4.69) is 0 Å². The zero-order valence-electron chi connectivity index (χ0n) is 12.2. The summed E-state index contributed by atoms with van der Waals surface area (Å²) in [5.41, 5.74) is 7.93. The lowest BCUT2D eigenvalue weighted by molar-refractivity contribution is 0.0572. The summed E-state index contributed by atoms with van der Waals surface area (Å²) in [6, 6.07) is 3.34. The van der Waals surface area contributed by atoms with Crippen molar-refractivity contribution < 1.29 is 13.2 Å². The predicted molar refractivity (Wildman–Crippen MR) is 79.1 cm³/mol. The monoisotopic (exact) mass is 298 g/mol. The number of rotatable bonds is 3. The molecule has 5 nitrogen and oxygen atoms in total. The third kappa shape index (κ3) is 2.82. The molecule has 0 bridgehead atoms. The predicted octanol–water partition coefficient (Wildman–Crippen LogP) is 1.69. The summed E-state index contributed by atoms with van der Waals surface area (Å²) in [4.78, 5) is 0.312. The highest BCUT2D eigenvalue weighted by Gasteiger charge is 2.31. The van der Waals surface area contributed by atoms with Gasteiger partial charge in [0.15, 0.2) is 0 Å². The second kappa shape index (κ2) is 5.71. The van der Waals surface area contributed by atoms with Gasteiger partial charge in [0.2, 0.25) is 10.0 Å². The molecule has 1 aliphatic rings. The number of piperidine rings is 1. The Hall–Kier alpha value is -1.11. The number of hydrogen-bond donors (Lipinski definition) is 1. The number of sulfonamides is 1. The Kier molecular flexibility index (Phi) is 4.36. The first-order chi connectivity index (χ1) is 9.36. The Morgan fingerprint density at radius 3 is 2.70 bits per heavy atom. The van der Waals surface area contributed by atoms with Crippen LogP contribution >= 0.6 is 0 Å². The van der Waals surface area contributed by atoms with E-state index in [9.17, 15) is 8.42 Å². The molecule has 2 N–H and O–H groups in total. The lowest BCUT2D eigenvalue weighted by Gasteiger charge is -2.31. The van der Waals surface area contributed by atoms with Gasteiger partial charge >= 0.3 is 0 Å². The third-order valence-corrected chi connectivity index (χ3v) is 5.93. The second-order valence-corrected chi connectivity index (χ2v) is 7.23. The van der Waals surface area contributed by atoms with E-state index in [1.54, 1.807) is 19.2 Å². The zero-order valence-corrected chi connectivity index (χ0v) is 13.0. The van der Waals surface area contributed by atoms with Crippen molar-refractivity contribution in [3.63, 3.8) is 0 Å². The minimum atomic E-state index is -3.51. The molecule has 1 heterocycles. The Labute approximate surface area is 120 Å². The van der Waals surface area contributed by atoms with Crippen LogP contribution in [0, 0.1) is 13.8 Å². The van der Waals surface area contributed by atoms with Gasteiger partial charge < -0.3 is 10.5 Å². The van der Waals surface area contributed by atoms with Gasteiger partial charge in [-0.25, -0.2) is 8.42 Å². The first kappa shape index (κ1) is 15.3. The maximum absolute atomic E-state index is 12.8. The molecule has 0 aliphatic carbocycles. The summed E-state index contributed by atoms with van der Waals surface area (Å²) in [5.74, 6) is 0. The molecule has 1 aromatic rings. The fourth-order valence-electron chi connectivity index (χ4n) is 2.58. The van der Waals surface area contributed by atoms with E-state index in [0.717, 1.165) is 24.0 Å². The van der Waals surface area contributed by atoms with Crippen LogP contribution < -0.4 is 5.73 Å². The van der Waals surface area contributed by atoms with Crippen LogP contribution in [0.1, 0.15) is 24.0 Å². The summed E-state index contributed by atoms with van der Waals surface area (Å²) >= 11 is 0. The first-order valence-corrected chi connectivity index (χ1v) is 8.20. The van der Waals surface area contributed by atoms with Crippen LogP contribution in [0.15, 0.2) is 17.0 Å². The van der Waals surface area contributed by atoms with Crippen molar-refractivity contribution in [3.05, 3.63) is 23.3 Å². The number of anilines is 1. The van der Waals surface area contributed by atoms with Crippen molar-refractivity contribution in [2.75, 3.05) is 25.9 Å². The smallest absolute Gasteiger partial charge is 0.243 e. The van der Waals surface area contributed by atoms with Crippen molar-refractivity contribution in [2.24, 2.45) is 0 Å². The molecule has 2 rings (SSSR count). The lowest BCUT2D eigenvalue weighted by atomic mass is 10.1. The SMILES string of the molecule is COC1CCCN(S(=O)(=O)c2cc(N)cc(C)c2C)C1. The van der Waals surface area contributed by atoms with E-state index in [0.29, 0.717) is 23.7 Å². The minimum absolute atomic E-state index is 0.0269. The molecule has 1 unspecified atom stereocenters. The third-order valence-electron chi connectivity index (χ3n) is 3.93. The number of methoxy groups -OCH3 is 1. The molecule has 0 amide bonds. The van der Waals surface area contributed by atoms with Gasteiger partial charge in [0.05, 0.1) is 11.0 Å². The van der Waals surface area contributed by atoms with Crippen molar-refractivity contribution in [3.8, 4) is 0 Å². The topological polar surface area (TPSA) is 72.6 Å². The van der Waals surface area contributed by atoms with E-state index >= 15 is 0 Å². The minimum Gasteiger partial charge on any atom is -0.399 e. The number of aryl methyl sites for hydroxylation is 1. The van der Waals surface area contributed by atoms with Gasteiger partial charge in [0, 0.05) is 25.9 Å². The molecule has 0 aromatic heterocycles. The van der Waals surface area contributed by atoms with Crippen LogP contribution in [0.3, 0.4) is 0 Å². The molecule has 0 saturated carbocycles. The molecule has 1 fully saturated rings. The standard InChI is InChI=1S/C14H22N2O3S/c1-10-7-12(15)8-14(11(10)2)20(17,18)16-6-4-5-13(9-16)19-3/h7-8,13H,4-6,9,15H2,1-3H3. The maximum atomic E-state index is 12.8. The van der Waals surface area contributed by atoms with E-state index in [1.165, 1.54) is 4.31 Å². The summed E-state index contributed by atoms with van der Waals surface area (Å²) < 4.78 is 32.4. The molecule has 0 spiro atoms. The van der Waals surface area contributed by atoms with Gasteiger partial charge in [0.1, 0.15) is 0 Å². The second-order valence-electron chi connectivity index (χ2n) is 5.32. The molecule has 1 saturated heterocycles. The molecular formula is C14H22N2O3S. The van der Waals surface area contributed by atoms with Gasteiger partial charge in [-0.2, -0.15) is 4.31 Å². The van der Waals surface area contributed by atoms with Gasteiger partial charge in [-0.1, -0.05) is 0 Å². The number of benzene rings is 1. The molecule has 1 atom stereocenters. The van der Waals surface area contributed by atoms with Crippen LogP contribution in [-0.2, 0) is 14.8 Å². The molecule has 1 aliphatic heterocycles. The maximum Gasteiger partial charge on any atom is 0.243 e. The van der Waals surface area contributed by atoms with E-state index in [1.807, 2.05) is 13.8 Å². The summed E-state index contributed by atoms with van der Waals surface area (Å²) in [6.07, 6.45) is 1.69. The Morgan fingerprint density at radius 2 is 2.05 bits per heavy atom. The van der Waals surface area contributed by atoms with Crippen LogP contribution in [-0.4, -0.2) is 39.0 Å². The highest BCUT2D eigenvalue weighted by molar-refractivity contribution is 7.89. The van der Waals surface area contributed by atoms with Crippen LogP contribution in [0.4, 0.5) is 5.69 Å². The van der Waals surface area contributed by atoms with Gasteiger partial charge in [-0.05, 0) is 49.9 Å².